The average molecular weight is 225 g/mol. The van der Waals surface area contributed by atoms with Gasteiger partial charge in [-0.1, -0.05) is 11.6 Å². The third-order valence-electron chi connectivity index (χ3n) is 1.88. The van der Waals surface area contributed by atoms with Gasteiger partial charge >= 0.3 is 6.98 Å². The number of nitrogens with zero attached hydrogens (tertiary/aromatic N) is 2. The van der Waals surface area contributed by atoms with Gasteiger partial charge in [0.2, 0.25) is 0 Å². The summed E-state index contributed by atoms with van der Waals surface area (Å²) in [6, 6.07) is 0. The van der Waals surface area contributed by atoms with Crippen LogP contribution in [0.2, 0.25) is 5.02 Å². The van der Waals surface area contributed by atoms with E-state index in [1.54, 1.807) is 13.8 Å². The Kier molecular flexibility index (Phi) is 3.14. The molecule has 80 valence electrons. The summed E-state index contributed by atoms with van der Waals surface area (Å²) in [6.45, 7) is -1.13. The summed E-state index contributed by atoms with van der Waals surface area (Å²) < 4.78 is 37.9. The van der Waals surface area contributed by atoms with Crippen molar-refractivity contribution in [1.29, 1.82) is 0 Å². The quantitative estimate of drug-likeness (QED) is 0.723. The first kappa shape index (κ1) is 11.4. The zero-order valence-electron chi connectivity index (χ0n) is 7.90. The zero-order chi connectivity index (χ0) is 10.9. The Morgan fingerprint density at radius 1 is 1.43 bits per heavy atom. The average Bonchev–Trinajstić information content (AvgIpc) is 2.30. The van der Waals surface area contributed by atoms with Crippen molar-refractivity contribution in [2.24, 2.45) is 0 Å². The highest BCUT2D eigenvalue weighted by Gasteiger charge is 2.27. The number of hydrogen-bond donors (Lipinski definition) is 0. The van der Waals surface area contributed by atoms with Crippen LogP contribution in [0.3, 0.4) is 0 Å². The third kappa shape index (κ3) is 2.44. The molecule has 0 aliphatic heterocycles. The van der Waals surface area contributed by atoms with Gasteiger partial charge in [0.05, 0.1) is 10.7 Å². The van der Waals surface area contributed by atoms with Crippen LogP contribution in [0.1, 0.15) is 18.3 Å². The van der Waals surface area contributed by atoms with E-state index in [4.69, 9.17) is 11.6 Å². The summed E-state index contributed by atoms with van der Waals surface area (Å²) in [5.74, 6) is 0. The Morgan fingerprint density at radius 2 is 2.00 bits per heavy atom. The molecule has 0 atom stereocenters. The molecule has 1 rings (SSSR count). The number of halogens is 4. The molecule has 0 saturated carbocycles. The van der Waals surface area contributed by atoms with Crippen molar-refractivity contribution in [3.63, 3.8) is 0 Å². The van der Waals surface area contributed by atoms with E-state index in [2.05, 4.69) is 5.10 Å². The van der Waals surface area contributed by atoms with Gasteiger partial charge in [-0.25, -0.2) is 0 Å². The Labute approximate surface area is 85.1 Å². The van der Waals surface area contributed by atoms with E-state index in [0.717, 1.165) is 0 Å². The van der Waals surface area contributed by atoms with E-state index < -0.39 is 13.3 Å². The molecular weight excluding hydrogens is 215 g/mol. The molecule has 2 nitrogen and oxygen atoms in total. The van der Waals surface area contributed by atoms with Crippen LogP contribution in [0, 0.1) is 6.92 Å². The molecule has 0 unspecified atom stereocenters. The van der Waals surface area contributed by atoms with Crippen molar-refractivity contribution >= 4 is 18.6 Å². The molecule has 0 aliphatic rings. The SMILES string of the molecule is CCn1nc(C)c(Cl)c1C[B-](F)(F)F. The second kappa shape index (κ2) is 3.84. The lowest BCUT2D eigenvalue weighted by atomic mass is 9.84. The molecule has 1 aromatic rings. The van der Waals surface area contributed by atoms with Crippen LogP contribution >= 0.6 is 11.6 Å². The van der Waals surface area contributed by atoms with Crippen LogP contribution in [0.4, 0.5) is 12.9 Å². The van der Waals surface area contributed by atoms with E-state index in [9.17, 15) is 12.9 Å². The summed E-state index contributed by atoms with van der Waals surface area (Å²) in [5.41, 5.74) is 0.516. The van der Waals surface area contributed by atoms with Crippen molar-refractivity contribution in [1.82, 2.24) is 9.78 Å². The molecule has 1 aromatic heterocycles. The maximum Gasteiger partial charge on any atom is 0.484 e. The lowest BCUT2D eigenvalue weighted by Crippen LogP contribution is -2.22. The fourth-order valence-electron chi connectivity index (χ4n) is 1.28. The van der Waals surface area contributed by atoms with E-state index in [1.807, 2.05) is 0 Å². The predicted octanol–water partition coefficient (Wildman–Crippen LogP) is 2.79. The van der Waals surface area contributed by atoms with Crippen molar-refractivity contribution in [2.75, 3.05) is 0 Å². The molecule has 14 heavy (non-hydrogen) atoms. The summed E-state index contributed by atoms with van der Waals surface area (Å²) >= 11 is 5.73. The van der Waals surface area contributed by atoms with Gasteiger partial charge in [0.15, 0.2) is 0 Å². The smallest absolute Gasteiger partial charge is 0.449 e. The summed E-state index contributed by atoms with van der Waals surface area (Å²) in [6.07, 6.45) is -0.965. The lowest BCUT2D eigenvalue weighted by Gasteiger charge is -2.14. The van der Waals surface area contributed by atoms with Crippen molar-refractivity contribution in [3.8, 4) is 0 Å². The molecule has 1 heterocycles. The number of rotatable bonds is 3. The van der Waals surface area contributed by atoms with Crippen molar-refractivity contribution < 1.29 is 12.9 Å². The van der Waals surface area contributed by atoms with Gasteiger partial charge in [0.1, 0.15) is 0 Å². The minimum absolute atomic E-state index is 0.0687. The van der Waals surface area contributed by atoms with E-state index >= 15 is 0 Å². The van der Waals surface area contributed by atoms with Crippen LogP contribution in [0.5, 0.6) is 0 Å². The second-order valence-corrected chi connectivity index (χ2v) is 3.45. The van der Waals surface area contributed by atoms with Crippen LogP contribution in [0.25, 0.3) is 0 Å². The standard InChI is InChI=1S/C7H10BClF3N2/c1-3-14-6(4-8(10,11)12)7(9)5(2)13-14/h3-4H2,1-2H3/q-1. The molecule has 7 heteroatoms. The normalized spacial score (nSPS) is 12.1. The zero-order valence-corrected chi connectivity index (χ0v) is 8.65. The fraction of sp³-hybridized carbons (Fsp3) is 0.571. The van der Waals surface area contributed by atoms with Gasteiger partial charge in [-0.15, -0.1) is 0 Å². The Morgan fingerprint density at radius 3 is 2.43 bits per heavy atom. The Balaban J connectivity index is 3.06. The minimum atomic E-state index is -4.86. The lowest BCUT2D eigenvalue weighted by molar-refractivity contribution is 0.461. The first-order valence-corrected chi connectivity index (χ1v) is 4.65. The summed E-state index contributed by atoms with van der Waals surface area (Å²) in [4.78, 5) is 0. The molecule has 0 aromatic carbocycles. The van der Waals surface area contributed by atoms with Gasteiger partial charge in [-0.3, -0.25) is 4.68 Å². The Hall–Kier alpha value is -0.645. The monoisotopic (exact) mass is 225 g/mol. The van der Waals surface area contributed by atoms with Gasteiger partial charge in [-0.05, 0) is 20.2 Å². The molecule has 0 fully saturated rings. The molecule has 0 radical (unpaired) electrons. The third-order valence-corrected chi connectivity index (χ3v) is 2.37. The van der Waals surface area contributed by atoms with E-state index in [1.165, 1.54) is 4.68 Å². The highest BCUT2D eigenvalue weighted by molar-refractivity contribution is 6.58. The second-order valence-electron chi connectivity index (χ2n) is 3.08. The predicted molar refractivity (Wildman–Crippen MR) is 50.4 cm³/mol. The first-order chi connectivity index (χ1) is 6.35. The molecule has 0 amide bonds. The Bertz CT molecular complexity index is 334. The maximum atomic E-state index is 12.2. The van der Waals surface area contributed by atoms with Crippen molar-refractivity contribution in [3.05, 3.63) is 16.4 Å². The summed E-state index contributed by atoms with van der Waals surface area (Å²) in [5, 5.41) is 4.04. The van der Waals surface area contributed by atoms with Crippen LogP contribution < -0.4 is 0 Å². The highest BCUT2D eigenvalue weighted by Crippen LogP contribution is 2.25. The molecule has 0 spiro atoms. The maximum absolute atomic E-state index is 12.2. The van der Waals surface area contributed by atoms with Crippen LogP contribution in [-0.2, 0) is 12.9 Å². The molecule has 0 bridgehead atoms. The molecular formula is C7H10BClF3N2-. The topological polar surface area (TPSA) is 17.8 Å². The van der Waals surface area contributed by atoms with Gasteiger partial charge in [0.25, 0.3) is 0 Å². The van der Waals surface area contributed by atoms with Gasteiger partial charge < -0.3 is 12.9 Å². The summed E-state index contributed by atoms with van der Waals surface area (Å²) in [7, 11) is 0. The van der Waals surface area contributed by atoms with E-state index in [0.29, 0.717) is 12.2 Å². The van der Waals surface area contributed by atoms with E-state index in [-0.39, 0.29) is 10.7 Å². The van der Waals surface area contributed by atoms with Gasteiger partial charge in [0, 0.05) is 12.2 Å². The first-order valence-electron chi connectivity index (χ1n) is 4.28. The molecule has 0 saturated heterocycles. The highest BCUT2D eigenvalue weighted by atomic mass is 35.5. The van der Waals surface area contributed by atoms with Crippen LogP contribution in [0.15, 0.2) is 0 Å². The number of aromatic nitrogens is 2. The minimum Gasteiger partial charge on any atom is -0.449 e. The van der Waals surface area contributed by atoms with Crippen LogP contribution in [-0.4, -0.2) is 16.8 Å². The molecule has 0 N–H and O–H groups in total. The number of hydrogen-bond acceptors (Lipinski definition) is 1. The number of aryl methyl sites for hydroxylation is 2. The van der Waals surface area contributed by atoms with Gasteiger partial charge in [-0.2, -0.15) is 5.10 Å². The molecule has 0 aliphatic carbocycles. The van der Waals surface area contributed by atoms with Crippen molar-refractivity contribution in [2.45, 2.75) is 26.7 Å². The fourth-order valence-corrected chi connectivity index (χ4v) is 1.50. The largest absolute Gasteiger partial charge is 0.484 e.